The van der Waals surface area contributed by atoms with Gasteiger partial charge in [-0.05, 0) is 12.1 Å². The Kier molecular flexibility index (Phi) is 2.53. The van der Waals surface area contributed by atoms with Gasteiger partial charge in [0.05, 0.1) is 11.9 Å². The van der Waals surface area contributed by atoms with Crippen LogP contribution in [0, 0.1) is 5.82 Å². The summed E-state index contributed by atoms with van der Waals surface area (Å²) in [5, 5.41) is 2.80. The molecule has 2 aromatic heterocycles. The van der Waals surface area contributed by atoms with Crippen molar-refractivity contribution in [2.75, 3.05) is 12.4 Å². The Morgan fingerprint density at radius 2 is 2.13 bits per heavy atom. The molecular weight excluding hydrogens is 195 g/mol. The molecule has 5 heteroatoms. The van der Waals surface area contributed by atoms with E-state index < -0.39 is 5.82 Å². The number of nitrogens with one attached hydrogen (secondary N) is 1. The SMILES string of the molecule is CNc1nccc(-c2ccncc2F)n1. The first-order valence-corrected chi connectivity index (χ1v) is 4.42. The molecule has 0 aliphatic heterocycles. The lowest BCUT2D eigenvalue weighted by Crippen LogP contribution is -1.97. The highest BCUT2D eigenvalue weighted by atomic mass is 19.1. The molecule has 1 N–H and O–H groups in total. The third kappa shape index (κ3) is 1.90. The van der Waals surface area contributed by atoms with Crippen LogP contribution in [-0.4, -0.2) is 22.0 Å². The molecule has 76 valence electrons. The molecule has 0 amide bonds. The fourth-order valence-corrected chi connectivity index (χ4v) is 1.21. The quantitative estimate of drug-likeness (QED) is 0.809. The van der Waals surface area contributed by atoms with Crippen LogP contribution < -0.4 is 5.32 Å². The normalized spacial score (nSPS) is 10.0. The summed E-state index contributed by atoms with van der Waals surface area (Å²) in [5.41, 5.74) is 0.957. The molecule has 0 bridgehead atoms. The second-order valence-electron chi connectivity index (χ2n) is 2.87. The van der Waals surface area contributed by atoms with Crippen LogP contribution in [0.1, 0.15) is 0 Å². The highest BCUT2D eigenvalue weighted by Crippen LogP contribution is 2.19. The summed E-state index contributed by atoms with van der Waals surface area (Å²) < 4.78 is 13.4. The van der Waals surface area contributed by atoms with Crippen LogP contribution in [-0.2, 0) is 0 Å². The van der Waals surface area contributed by atoms with Crippen LogP contribution in [0.3, 0.4) is 0 Å². The van der Waals surface area contributed by atoms with E-state index in [0.29, 0.717) is 17.2 Å². The molecule has 0 aliphatic rings. The van der Waals surface area contributed by atoms with E-state index in [2.05, 4.69) is 20.3 Å². The van der Waals surface area contributed by atoms with Crippen molar-refractivity contribution in [3.63, 3.8) is 0 Å². The third-order valence-corrected chi connectivity index (χ3v) is 1.93. The average molecular weight is 204 g/mol. The highest BCUT2D eigenvalue weighted by molar-refractivity contribution is 5.59. The maximum Gasteiger partial charge on any atom is 0.222 e. The zero-order valence-corrected chi connectivity index (χ0v) is 8.11. The molecule has 2 heterocycles. The smallest absolute Gasteiger partial charge is 0.222 e. The van der Waals surface area contributed by atoms with Crippen molar-refractivity contribution in [2.24, 2.45) is 0 Å². The van der Waals surface area contributed by atoms with Gasteiger partial charge in [-0.15, -0.1) is 0 Å². The van der Waals surface area contributed by atoms with Gasteiger partial charge in [-0.25, -0.2) is 14.4 Å². The van der Waals surface area contributed by atoms with Crippen molar-refractivity contribution < 1.29 is 4.39 Å². The fraction of sp³-hybridized carbons (Fsp3) is 0.100. The van der Waals surface area contributed by atoms with E-state index in [0.717, 1.165) is 6.20 Å². The number of rotatable bonds is 2. The molecule has 0 aromatic carbocycles. The fourth-order valence-electron chi connectivity index (χ4n) is 1.21. The van der Waals surface area contributed by atoms with Crippen molar-refractivity contribution in [1.29, 1.82) is 0 Å². The number of pyridine rings is 1. The summed E-state index contributed by atoms with van der Waals surface area (Å²) >= 11 is 0. The standard InChI is InChI=1S/C10H9FN4/c1-12-10-14-5-3-9(15-10)7-2-4-13-6-8(7)11/h2-6H,1H3,(H,12,14,15). The van der Waals surface area contributed by atoms with Crippen molar-refractivity contribution in [3.05, 3.63) is 36.5 Å². The van der Waals surface area contributed by atoms with Gasteiger partial charge in [-0.1, -0.05) is 0 Å². The number of nitrogens with zero attached hydrogens (tertiary/aromatic N) is 3. The van der Waals surface area contributed by atoms with Crippen molar-refractivity contribution in [3.8, 4) is 11.3 Å². The Labute approximate surface area is 86.2 Å². The topological polar surface area (TPSA) is 50.7 Å². The molecule has 0 radical (unpaired) electrons. The molecule has 0 unspecified atom stereocenters. The number of anilines is 1. The lowest BCUT2D eigenvalue weighted by Gasteiger charge is -2.03. The van der Waals surface area contributed by atoms with E-state index in [1.807, 2.05) is 0 Å². The van der Waals surface area contributed by atoms with E-state index in [1.54, 1.807) is 25.4 Å². The Hall–Kier alpha value is -2.04. The van der Waals surface area contributed by atoms with Crippen LogP contribution >= 0.6 is 0 Å². The number of hydrogen-bond acceptors (Lipinski definition) is 4. The molecular formula is C10H9FN4. The highest BCUT2D eigenvalue weighted by Gasteiger charge is 2.06. The van der Waals surface area contributed by atoms with Gasteiger partial charge >= 0.3 is 0 Å². The summed E-state index contributed by atoms with van der Waals surface area (Å²) in [7, 11) is 1.71. The van der Waals surface area contributed by atoms with Crippen LogP contribution in [0.25, 0.3) is 11.3 Å². The van der Waals surface area contributed by atoms with Crippen molar-refractivity contribution >= 4 is 5.95 Å². The third-order valence-electron chi connectivity index (χ3n) is 1.93. The minimum absolute atomic E-state index is 0.391. The van der Waals surface area contributed by atoms with E-state index in [9.17, 15) is 4.39 Å². The average Bonchev–Trinajstić information content (AvgIpc) is 2.30. The van der Waals surface area contributed by atoms with Gasteiger partial charge in [-0.2, -0.15) is 0 Å². The zero-order chi connectivity index (χ0) is 10.7. The van der Waals surface area contributed by atoms with E-state index in [4.69, 9.17) is 0 Å². The summed E-state index contributed by atoms with van der Waals surface area (Å²) in [6, 6.07) is 3.23. The second kappa shape index (κ2) is 4.00. The Morgan fingerprint density at radius 1 is 1.27 bits per heavy atom. The first-order chi connectivity index (χ1) is 7.31. The lowest BCUT2D eigenvalue weighted by atomic mass is 10.2. The van der Waals surface area contributed by atoms with Crippen LogP contribution in [0.5, 0.6) is 0 Å². The first-order valence-electron chi connectivity index (χ1n) is 4.42. The maximum atomic E-state index is 13.4. The molecule has 0 saturated carbocycles. The minimum Gasteiger partial charge on any atom is -0.357 e. The summed E-state index contributed by atoms with van der Waals surface area (Å²) in [6.07, 6.45) is 4.27. The van der Waals surface area contributed by atoms with Crippen LogP contribution in [0.4, 0.5) is 10.3 Å². The number of halogens is 1. The Bertz CT molecular complexity index is 472. The van der Waals surface area contributed by atoms with E-state index >= 15 is 0 Å². The predicted molar refractivity (Wildman–Crippen MR) is 54.8 cm³/mol. The minimum atomic E-state index is -0.391. The van der Waals surface area contributed by atoms with E-state index in [1.165, 1.54) is 6.20 Å². The van der Waals surface area contributed by atoms with Crippen LogP contribution in [0.2, 0.25) is 0 Å². The summed E-state index contributed by atoms with van der Waals surface area (Å²) in [4.78, 5) is 11.8. The molecule has 0 saturated heterocycles. The second-order valence-corrected chi connectivity index (χ2v) is 2.87. The molecule has 15 heavy (non-hydrogen) atoms. The summed E-state index contributed by atoms with van der Waals surface area (Å²) in [5.74, 6) is 0.0713. The largest absolute Gasteiger partial charge is 0.357 e. The van der Waals surface area contributed by atoms with Gasteiger partial charge in [0.25, 0.3) is 0 Å². The summed E-state index contributed by atoms with van der Waals surface area (Å²) in [6.45, 7) is 0. The first kappa shape index (κ1) is 9.51. The van der Waals surface area contributed by atoms with Gasteiger partial charge in [-0.3, -0.25) is 4.98 Å². The Balaban J connectivity index is 2.49. The zero-order valence-electron chi connectivity index (χ0n) is 8.11. The molecule has 2 aromatic rings. The van der Waals surface area contributed by atoms with E-state index in [-0.39, 0.29) is 0 Å². The van der Waals surface area contributed by atoms with Crippen molar-refractivity contribution in [2.45, 2.75) is 0 Å². The maximum absolute atomic E-state index is 13.4. The molecule has 0 spiro atoms. The lowest BCUT2D eigenvalue weighted by molar-refractivity contribution is 0.624. The molecule has 0 fully saturated rings. The molecule has 0 atom stereocenters. The van der Waals surface area contributed by atoms with Gasteiger partial charge in [0.2, 0.25) is 5.95 Å². The molecule has 2 rings (SSSR count). The number of aromatic nitrogens is 3. The van der Waals surface area contributed by atoms with Gasteiger partial charge in [0, 0.05) is 25.0 Å². The Morgan fingerprint density at radius 3 is 2.87 bits per heavy atom. The van der Waals surface area contributed by atoms with Crippen molar-refractivity contribution in [1.82, 2.24) is 15.0 Å². The van der Waals surface area contributed by atoms with Crippen LogP contribution in [0.15, 0.2) is 30.7 Å². The van der Waals surface area contributed by atoms with Gasteiger partial charge < -0.3 is 5.32 Å². The number of hydrogen-bond donors (Lipinski definition) is 1. The van der Waals surface area contributed by atoms with Gasteiger partial charge in [0.1, 0.15) is 0 Å². The molecule has 0 aliphatic carbocycles. The molecule has 4 nitrogen and oxygen atoms in total. The monoisotopic (exact) mass is 204 g/mol. The predicted octanol–water partition coefficient (Wildman–Crippen LogP) is 1.72. The van der Waals surface area contributed by atoms with Gasteiger partial charge in [0.15, 0.2) is 5.82 Å².